The van der Waals surface area contributed by atoms with Gasteiger partial charge in [-0.1, -0.05) is 54.6 Å². The monoisotopic (exact) mass is 567 g/mol. The van der Waals surface area contributed by atoms with Crippen LogP contribution in [0.4, 0.5) is 4.79 Å². The summed E-state index contributed by atoms with van der Waals surface area (Å²) in [6.07, 6.45) is 2.52. The summed E-state index contributed by atoms with van der Waals surface area (Å²) < 4.78 is 5.47. The van der Waals surface area contributed by atoms with Gasteiger partial charge in [0.05, 0.1) is 13.0 Å². The predicted molar refractivity (Wildman–Crippen MR) is 159 cm³/mol. The lowest BCUT2D eigenvalue weighted by Crippen LogP contribution is -2.49. The Labute approximate surface area is 246 Å². The lowest BCUT2D eigenvalue weighted by Gasteiger charge is -2.38. The van der Waals surface area contributed by atoms with Gasteiger partial charge >= 0.3 is 12.0 Å². The number of hydrogen-bond donors (Lipinski definition) is 2. The van der Waals surface area contributed by atoms with Gasteiger partial charge in [0.2, 0.25) is 5.91 Å². The van der Waals surface area contributed by atoms with Crippen LogP contribution in [0.25, 0.3) is 11.1 Å². The topological polar surface area (TPSA) is 99.2 Å². The normalized spacial score (nSPS) is 20.0. The Bertz CT molecular complexity index is 1480. The first-order valence-electron chi connectivity index (χ1n) is 14.8. The molecule has 2 aliphatic heterocycles. The number of benzene rings is 3. The molecule has 6 rings (SSSR count). The molecule has 2 atom stereocenters. The summed E-state index contributed by atoms with van der Waals surface area (Å²) in [5, 5.41) is 12.5. The number of carbonyl (C=O) groups excluding carboxylic acids is 2. The van der Waals surface area contributed by atoms with Crippen LogP contribution >= 0.6 is 0 Å². The van der Waals surface area contributed by atoms with E-state index in [2.05, 4.69) is 35.6 Å². The van der Waals surface area contributed by atoms with Crippen molar-refractivity contribution in [3.05, 3.63) is 89.0 Å². The summed E-state index contributed by atoms with van der Waals surface area (Å²) in [6, 6.07) is 22.3. The number of carbonyl (C=O) groups is 3. The number of hydrogen-bond acceptors (Lipinski definition) is 4. The maximum absolute atomic E-state index is 13.5. The summed E-state index contributed by atoms with van der Waals surface area (Å²) in [4.78, 5) is 41.7. The molecular formula is C34H37N3O5. The van der Waals surface area contributed by atoms with Gasteiger partial charge in [-0.2, -0.15) is 0 Å². The van der Waals surface area contributed by atoms with E-state index in [9.17, 15) is 19.5 Å². The Morgan fingerprint density at radius 2 is 1.71 bits per heavy atom. The lowest BCUT2D eigenvalue weighted by molar-refractivity contribution is -0.143. The Morgan fingerprint density at radius 3 is 2.45 bits per heavy atom. The van der Waals surface area contributed by atoms with Gasteiger partial charge in [-0.3, -0.25) is 9.59 Å². The Hall–Kier alpha value is -4.33. The van der Waals surface area contributed by atoms with Crippen LogP contribution < -0.4 is 10.1 Å². The van der Waals surface area contributed by atoms with Crippen LogP contribution in [0, 0.1) is 11.8 Å². The molecular weight excluding hydrogens is 530 g/mol. The van der Waals surface area contributed by atoms with Crippen molar-refractivity contribution in [3.8, 4) is 16.9 Å². The zero-order valence-electron chi connectivity index (χ0n) is 23.9. The molecule has 0 spiro atoms. The highest BCUT2D eigenvalue weighted by molar-refractivity contribution is 5.83. The molecule has 2 fully saturated rings. The molecule has 0 radical (unpaired) electrons. The molecule has 2 N–H and O–H groups in total. The number of carboxylic acid groups (broad SMARTS) is 1. The van der Waals surface area contributed by atoms with Crippen molar-refractivity contribution in [1.82, 2.24) is 15.1 Å². The van der Waals surface area contributed by atoms with Crippen molar-refractivity contribution >= 4 is 17.9 Å². The molecule has 42 heavy (non-hydrogen) atoms. The first-order chi connectivity index (χ1) is 20.4. The average molecular weight is 568 g/mol. The zero-order valence-corrected chi connectivity index (χ0v) is 23.9. The van der Waals surface area contributed by atoms with Gasteiger partial charge < -0.3 is 25.0 Å². The summed E-state index contributed by atoms with van der Waals surface area (Å²) in [5.74, 6) is -0.0521. The molecule has 8 nitrogen and oxygen atoms in total. The molecule has 8 heteroatoms. The van der Waals surface area contributed by atoms with E-state index in [1.165, 1.54) is 11.1 Å². The van der Waals surface area contributed by atoms with Gasteiger partial charge in [0.25, 0.3) is 0 Å². The van der Waals surface area contributed by atoms with Crippen LogP contribution in [-0.4, -0.2) is 59.6 Å². The molecule has 1 aliphatic carbocycles. The fourth-order valence-corrected chi connectivity index (χ4v) is 6.52. The average Bonchev–Trinajstić information content (AvgIpc) is 3.85. The van der Waals surface area contributed by atoms with Crippen LogP contribution in [0.5, 0.6) is 5.75 Å². The molecule has 3 aromatic carbocycles. The van der Waals surface area contributed by atoms with Gasteiger partial charge in [-0.25, -0.2) is 4.79 Å². The minimum absolute atomic E-state index is 0.00825. The number of amides is 3. The predicted octanol–water partition coefficient (Wildman–Crippen LogP) is 5.06. The van der Waals surface area contributed by atoms with Gasteiger partial charge in [-0.15, -0.1) is 0 Å². The molecule has 1 saturated carbocycles. The summed E-state index contributed by atoms with van der Waals surface area (Å²) in [6.45, 7) is 2.35. The number of ether oxygens (including phenoxy) is 1. The number of likely N-dealkylation sites (tertiary alicyclic amines) is 1. The maximum Gasteiger partial charge on any atom is 0.320 e. The highest BCUT2D eigenvalue weighted by Gasteiger charge is 2.43. The molecule has 0 bridgehead atoms. The minimum atomic E-state index is -0.785. The van der Waals surface area contributed by atoms with Crippen molar-refractivity contribution in [2.75, 3.05) is 26.7 Å². The van der Waals surface area contributed by atoms with E-state index in [1.807, 2.05) is 41.3 Å². The second kappa shape index (κ2) is 11.9. The maximum atomic E-state index is 13.5. The molecule has 1 saturated heterocycles. The van der Waals surface area contributed by atoms with Crippen molar-refractivity contribution in [2.24, 2.45) is 11.8 Å². The van der Waals surface area contributed by atoms with E-state index < -0.39 is 5.97 Å². The van der Waals surface area contributed by atoms with Crippen molar-refractivity contribution in [2.45, 2.75) is 44.7 Å². The molecule has 0 unspecified atom stereocenters. The number of nitrogens with one attached hydrogen (secondary N) is 1. The van der Waals surface area contributed by atoms with Crippen LogP contribution in [0.2, 0.25) is 0 Å². The SMILES string of the molecule is COc1cccc(-c2ccc(CNC(=O)[C@@H]3C[C@H]3c3ccccc3)c3c2CCN(C(=O)N2CCC(C(=O)O)CC2)C3)c1. The summed E-state index contributed by atoms with van der Waals surface area (Å²) in [7, 11) is 1.66. The highest BCUT2D eigenvalue weighted by atomic mass is 16.5. The van der Waals surface area contributed by atoms with E-state index in [4.69, 9.17) is 4.74 Å². The first-order valence-corrected chi connectivity index (χ1v) is 14.8. The molecule has 2 heterocycles. The summed E-state index contributed by atoms with van der Waals surface area (Å²) >= 11 is 0. The van der Waals surface area contributed by atoms with Gasteiger partial charge in [0.15, 0.2) is 0 Å². The van der Waals surface area contributed by atoms with Crippen molar-refractivity contribution < 1.29 is 24.2 Å². The number of rotatable bonds is 7. The standard InChI is InChI=1S/C34H37N3O5/c1-42-26-9-5-8-24(18-26)27-11-10-25(20-35-32(38)30-19-29(30)22-6-3-2-4-7-22)31-21-37(17-14-28(27)31)34(41)36-15-12-23(13-16-36)33(39)40/h2-11,18,23,29-30H,12-17,19-21H2,1H3,(H,35,38)(H,39,40)/t29-,30+/m0/s1. The van der Waals surface area contributed by atoms with Crippen molar-refractivity contribution in [3.63, 3.8) is 0 Å². The Morgan fingerprint density at radius 1 is 0.929 bits per heavy atom. The van der Waals surface area contributed by atoms with E-state index >= 15 is 0 Å². The molecule has 3 aromatic rings. The number of fused-ring (bicyclic) bond motifs is 1. The number of aliphatic carboxylic acids is 1. The third kappa shape index (κ3) is 5.71. The van der Waals surface area contributed by atoms with Crippen LogP contribution in [0.3, 0.4) is 0 Å². The lowest BCUT2D eigenvalue weighted by atomic mass is 9.87. The number of nitrogens with zero attached hydrogens (tertiary/aromatic N) is 2. The highest BCUT2D eigenvalue weighted by Crippen LogP contribution is 2.47. The van der Waals surface area contributed by atoms with Crippen LogP contribution in [0.1, 0.15) is 47.4 Å². The van der Waals surface area contributed by atoms with Crippen molar-refractivity contribution in [1.29, 1.82) is 0 Å². The number of urea groups is 1. The first kappa shape index (κ1) is 27.8. The number of piperidine rings is 1. The van der Waals surface area contributed by atoms with Gasteiger partial charge in [0.1, 0.15) is 5.75 Å². The smallest absolute Gasteiger partial charge is 0.320 e. The van der Waals surface area contributed by atoms with E-state index in [1.54, 1.807) is 12.0 Å². The van der Waals surface area contributed by atoms with E-state index in [0.29, 0.717) is 52.0 Å². The second-order valence-electron chi connectivity index (χ2n) is 11.6. The largest absolute Gasteiger partial charge is 0.497 e. The van der Waals surface area contributed by atoms with Gasteiger partial charge in [0, 0.05) is 38.6 Å². The van der Waals surface area contributed by atoms with Gasteiger partial charge in [-0.05, 0) is 77.1 Å². The molecule has 3 amide bonds. The Kier molecular flexibility index (Phi) is 7.87. The number of carboxylic acids is 1. The second-order valence-corrected chi connectivity index (χ2v) is 11.6. The van der Waals surface area contributed by atoms with Crippen LogP contribution in [-0.2, 0) is 29.1 Å². The van der Waals surface area contributed by atoms with E-state index in [0.717, 1.165) is 34.4 Å². The fraction of sp³-hybridized carbons (Fsp3) is 0.382. The molecule has 3 aliphatic rings. The summed E-state index contributed by atoms with van der Waals surface area (Å²) in [5.41, 5.74) is 6.66. The zero-order chi connectivity index (χ0) is 29.2. The number of methoxy groups -OCH3 is 1. The Balaban J connectivity index is 1.22. The third-order valence-electron chi connectivity index (χ3n) is 9.08. The fourth-order valence-electron chi connectivity index (χ4n) is 6.52. The quantitative estimate of drug-likeness (QED) is 0.416. The van der Waals surface area contributed by atoms with E-state index in [-0.39, 0.29) is 29.7 Å². The third-order valence-corrected chi connectivity index (χ3v) is 9.08. The minimum Gasteiger partial charge on any atom is -0.497 e. The van der Waals surface area contributed by atoms with Crippen LogP contribution in [0.15, 0.2) is 66.7 Å². The molecule has 0 aromatic heterocycles. The molecule has 218 valence electrons.